The average Bonchev–Trinajstić information content (AvgIpc) is 2.50. The molecule has 0 saturated heterocycles. The molecule has 1 atom stereocenters. The minimum atomic E-state index is 0.363. The van der Waals surface area contributed by atoms with Gasteiger partial charge in [-0.2, -0.15) is 0 Å². The summed E-state index contributed by atoms with van der Waals surface area (Å²) in [6, 6.07) is 0. The van der Waals surface area contributed by atoms with Gasteiger partial charge in [0.15, 0.2) is 0 Å². The van der Waals surface area contributed by atoms with Crippen molar-refractivity contribution in [3.8, 4) is 0 Å². The second-order valence-corrected chi connectivity index (χ2v) is 2.37. The maximum atomic E-state index is 5.45. The Kier molecular flexibility index (Phi) is 1.90. The second-order valence-electron chi connectivity index (χ2n) is 2.37. The van der Waals surface area contributed by atoms with Gasteiger partial charge in [-0.3, -0.25) is 0 Å². The fraction of sp³-hybridized carbons (Fsp3) is 0.857. The smallest absolute Gasteiger partial charge is 0.0580 e. The molecule has 1 nitrogen and oxygen atoms in total. The van der Waals surface area contributed by atoms with Gasteiger partial charge in [0.05, 0.1) is 12.2 Å². The molecule has 1 saturated carbocycles. The molecule has 1 heteroatoms. The van der Waals surface area contributed by atoms with Crippen LogP contribution in [0.3, 0.4) is 0 Å². The first kappa shape index (κ1) is 6.09. The van der Waals surface area contributed by atoms with E-state index in [9.17, 15) is 0 Å². The quantitative estimate of drug-likeness (QED) is 0.542. The van der Waals surface area contributed by atoms with Gasteiger partial charge >= 0.3 is 0 Å². The van der Waals surface area contributed by atoms with Gasteiger partial charge in [-0.25, -0.2) is 0 Å². The lowest BCUT2D eigenvalue weighted by molar-refractivity contribution is 0.0734. The Morgan fingerprint density at radius 1 is 1.62 bits per heavy atom. The van der Waals surface area contributed by atoms with Crippen molar-refractivity contribution in [2.24, 2.45) is 0 Å². The first-order valence-electron chi connectivity index (χ1n) is 3.28. The second kappa shape index (κ2) is 2.49. The van der Waals surface area contributed by atoms with Gasteiger partial charge in [-0.15, -0.1) is 0 Å². The van der Waals surface area contributed by atoms with Crippen molar-refractivity contribution in [1.29, 1.82) is 0 Å². The summed E-state index contributed by atoms with van der Waals surface area (Å²) < 4.78 is 5.45. The highest BCUT2D eigenvalue weighted by Gasteiger charge is 2.23. The molecule has 8 heavy (non-hydrogen) atoms. The molecule has 0 spiro atoms. The molecule has 0 heterocycles. The highest BCUT2D eigenvalue weighted by atomic mass is 16.5. The van der Waals surface area contributed by atoms with Crippen molar-refractivity contribution in [2.75, 3.05) is 0 Å². The first-order chi connectivity index (χ1) is 3.83. The van der Waals surface area contributed by atoms with Gasteiger partial charge in [0, 0.05) is 0 Å². The maximum absolute atomic E-state index is 5.45. The van der Waals surface area contributed by atoms with Gasteiger partial charge in [0.2, 0.25) is 0 Å². The van der Waals surface area contributed by atoms with E-state index in [1.807, 2.05) is 6.92 Å². The van der Waals surface area contributed by atoms with Gasteiger partial charge in [-0.05, 0) is 26.2 Å². The van der Waals surface area contributed by atoms with Crippen LogP contribution in [-0.4, -0.2) is 12.2 Å². The van der Waals surface area contributed by atoms with Gasteiger partial charge in [0.1, 0.15) is 0 Å². The largest absolute Gasteiger partial charge is 0.375 e. The van der Waals surface area contributed by atoms with Crippen molar-refractivity contribution in [1.82, 2.24) is 0 Å². The van der Waals surface area contributed by atoms with E-state index in [1.165, 1.54) is 12.8 Å². The monoisotopic (exact) mass is 113 g/mol. The van der Waals surface area contributed by atoms with Crippen LogP contribution < -0.4 is 0 Å². The van der Waals surface area contributed by atoms with E-state index < -0.39 is 0 Å². The fourth-order valence-electron chi connectivity index (χ4n) is 0.586. The zero-order valence-electron chi connectivity index (χ0n) is 5.55. The Labute approximate surface area is 51.0 Å². The van der Waals surface area contributed by atoms with Crippen LogP contribution in [-0.2, 0) is 4.74 Å². The van der Waals surface area contributed by atoms with Crippen LogP contribution in [0.2, 0.25) is 0 Å². The minimum absolute atomic E-state index is 0.363. The standard InChI is InChI=1S/C7H13O/c1-3-6(2)8-7-4-5-7/h3,6-7H,4-5H2,1-2H3. The zero-order valence-corrected chi connectivity index (χ0v) is 5.55. The third kappa shape index (κ3) is 1.83. The third-order valence-electron chi connectivity index (χ3n) is 1.40. The van der Waals surface area contributed by atoms with E-state index >= 15 is 0 Å². The molecule has 0 aromatic rings. The zero-order chi connectivity index (χ0) is 5.98. The highest BCUT2D eigenvalue weighted by molar-refractivity contribution is 4.77. The predicted octanol–water partition coefficient (Wildman–Crippen LogP) is 1.78. The number of rotatable bonds is 3. The molecule has 0 aliphatic heterocycles. The van der Waals surface area contributed by atoms with E-state index in [1.54, 1.807) is 0 Å². The van der Waals surface area contributed by atoms with Crippen LogP contribution >= 0.6 is 0 Å². The third-order valence-corrected chi connectivity index (χ3v) is 1.40. The van der Waals surface area contributed by atoms with E-state index in [4.69, 9.17) is 4.74 Å². The average molecular weight is 113 g/mol. The summed E-state index contributed by atoms with van der Waals surface area (Å²) in [7, 11) is 0. The Morgan fingerprint density at radius 3 is 2.62 bits per heavy atom. The number of ether oxygens (including phenoxy) is 1. The molecule has 1 rings (SSSR count). The topological polar surface area (TPSA) is 9.23 Å². The van der Waals surface area contributed by atoms with Crippen LogP contribution in [0.1, 0.15) is 26.7 Å². The number of hydrogen-bond acceptors (Lipinski definition) is 1. The van der Waals surface area contributed by atoms with E-state index in [0.717, 1.165) is 0 Å². The molecule has 1 aliphatic rings. The van der Waals surface area contributed by atoms with Crippen LogP contribution in [0.5, 0.6) is 0 Å². The van der Waals surface area contributed by atoms with Crippen molar-refractivity contribution < 1.29 is 4.74 Å². The Hall–Kier alpha value is -0.0400. The first-order valence-corrected chi connectivity index (χ1v) is 3.28. The normalized spacial score (nSPS) is 23.2. The molecule has 0 amide bonds. The molecular formula is C7H13O. The van der Waals surface area contributed by atoms with Crippen LogP contribution in [0, 0.1) is 6.42 Å². The molecule has 1 radical (unpaired) electrons. The summed E-state index contributed by atoms with van der Waals surface area (Å²) in [6.45, 7) is 4.12. The molecule has 1 unspecified atom stereocenters. The fourth-order valence-corrected chi connectivity index (χ4v) is 0.586. The highest BCUT2D eigenvalue weighted by Crippen LogP contribution is 2.25. The number of hydrogen-bond donors (Lipinski definition) is 0. The Balaban J connectivity index is 1.98. The molecule has 0 N–H and O–H groups in total. The molecule has 0 bridgehead atoms. The molecule has 1 aliphatic carbocycles. The lowest BCUT2D eigenvalue weighted by atomic mass is 10.3. The lowest BCUT2D eigenvalue weighted by Gasteiger charge is -2.07. The maximum Gasteiger partial charge on any atom is 0.0580 e. The van der Waals surface area contributed by atoms with E-state index in [-0.39, 0.29) is 0 Å². The predicted molar refractivity (Wildman–Crippen MR) is 33.5 cm³/mol. The molecule has 0 aromatic heterocycles. The van der Waals surface area contributed by atoms with Crippen LogP contribution in [0.25, 0.3) is 0 Å². The summed E-state index contributed by atoms with van der Waals surface area (Å²) in [5.41, 5.74) is 0. The van der Waals surface area contributed by atoms with Crippen LogP contribution in [0.4, 0.5) is 0 Å². The summed E-state index contributed by atoms with van der Waals surface area (Å²) in [5.74, 6) is 0. The molecule has 47 valence electrons. The molecular weight excluding hydrogens is 100 g/mol. The van der Waals surface area contributed by atoms with Crippen LogP contribution in [0.15, 0.2) is 0 Å². The van der Waals surface area contributed by atoms with Crippen molar-refractivity contribution in [2.45, 2.75) is 38.9 Å². The minimum Gasteiger partial charge on any atom is -0.375 e. The van der Waals surface area contributed by atoms with Crippen molar-refractivity contribution >= 4 is 0 Å². The Morgan fingerprint density at radius 2 is 2.25 bits per heavy atom. The summed E-state index contributed by atoms with van der Waals surface area (Å²) in [6.07, 6.45) is 5.60. The summed E-state index contributed by atoms with van der Waals surface area (Å²) in [4.78, 5) is 0. The SMILES string of the molecule is C[CH]C(C)OC1CC1. The van der Waals surface area contributed by atoms with E-state index in [2.05, 4.69) is 13.3 Å². The molecule has 1 fully saturated rings. The van der Waals surface area contributed by atoms with Gasteiger partial charge in [0.25, 0.3) is 0 Å². The van der Waals surface area contributed by atoms with E-state index in [0.29, 0.717) is 12.2 Å². The van der Waals surface area contributed by atoms with Gasteiger partial charge < -0.3 is 4.74 Å². The summed E-state index contributed by atoms with van der Waals surface area (Å²) >= 11 is 0. The van der Waals surface area contributed by atoms with Gasteiger partial charge in [-0.1, -0.05) is 6.92 Å². The Bertz CT molecular complexity index is 66.8. The molecule has 0 aromatic carbocycles. The summed E-state index contributed by atoms with van der Waals surface area (Å²) in [5, 5.41) is 0. The lowest BCUT2D eigenvalue weighted by Crippen LogP contribution is -2.07. The van der Waals surface area contributed by atoms with Crippen molar-refractivity contribution in [3.63, 3.8) is 0 Å². The van der Waals surface area contributed by atoms with Crippen molar-refractivity contribution in [3.05, 3.63) is 6.42 Å².